The van der Waals surface area contributed by atoms with Crippen molar-refractivity contribution in [3.05, 3.63) is 29.8 Å². The lowest BCUT2D eigenvalue weighted by Gasteiger charge is -2.18. The summed E-state index contributed by atoms with van der Waals surface area (Å²) >= 11 is 0. The van der Waals surface area contributed by atoms with Crippen molar-refractivity contribution in [2.45, 2.75) is 27.2 Å². The number of aromatic carboxylic acids is 1. The molecule has 0 aliphatic heterocycles. The number of hydrogen-bond acceptors (Lipinski definition) is 3. The molecule has 0 aliphatic rings. The van der Waals surface area contributed by atoms with Gasteiger partial charge in [-0.05, 0) is 36.1 Å². The Labute approximate surface area is 113 Å². The minimum Gasteiger partial charge on any atom is -0.478 e. The van der Waals surface area contributed by atoms with E-state index in [0.717, 1.165) is 0 Å². The molecular formula is C13H19NO4S. The van der Waals surface area contributed by atoms with E-state index in [1.165, 1.54) is 24.3 Å². The van der Waals surface area contributed by atoms with Gasteiger partial charge in [0.25, 0.3) is 0 Å². The molecule has 1 rings (SSSR count). The highest BCUT2D eigenvalue weighted by Gasteiger charge is 2.17. The van der Waals surface area contributed by atoms with Crippen LogP contribution in [0.2, 0.25) is 0 Å². The summed E-state index contributed by atoms with van der Waals surface area (Å²) < 4.78 is 26.1. The van der Waals surface area contributed by atoms with Crippen LogP contribution in [0.3, 0.4) is 0 Å². The molecule has 0 unspecified atom stereocenters. The molecule has 0 aromatic heterocycles. The third kappa shape index (κ3) is 5.74. The topological polar surface area (TPSA) is 83.5 Å². The number of nitrogens with one attached hydrogen (secondary N) is 1. The Balaban J connectivity index is 2.70. The minimum absolute atomic E-state index is 0.0389. The van der Waals surface area contributed by atoms with Crippen molar-refractivity contribution in [3.8, 4) is 0 Å². The van der Waals surface area contributed by atoms with Gasteiger partial charge in [0.1, 0.15) is 0 Å². The van der Waals surface area contributed by atoms with Crippen molar-refractivity contribution in [1.29, 1.82) is 0 Å². The van der Waals surface area contributed by atoms with Gasteiger partial charge in [0, 0.05) is 5.69 Å². The van der Waals surface area contributed by atoms with Crippen molar-refractivity contribution < 1.29 is 18.3 Å². The molecule has 0 spiro atoms. The van der Waals surface area contributed by atoms with Gasteiger partial charge in [-0.15, -0.1) is 0 Å². The van der Waals surface area contributed by atoms with Crippen molar-refractivity contribution in [1.82, 2.24) is 0 Å². The Morgan fingerprint density at radius 2 is 1.74 bits per heavy atom. The normalized spacial score (nSPS) is 12.2. The number of carboxylic acid groups (broad SMARTS) is 1. The Morgan fingerprint density at radius 3 is 2.16 bits per heavy atom. The van der Waals surface area contributed by atoms with E-state index in [1.54, 1.807) is 0 Å². The number of benzene rings is 1. The molecule has 5 nitrogen and oxygen atoms in total. The zero-order valence-electron chi connectivity index (χ0n) is 11.3. The second-order valence-electron chi connectivity index (χ2n) is 5.61. The van der Waals surface area contributed by atoms with Crippen LogP contribution >= 0.6 is 0 Å². The molecule has 106 valence electrons. The average Bonchev–Trinajstić information content (AvgIpc) is 2.26. The SMILES string of the molecule is CC(C)(C)CCS(=O)(=O)Nc1ccc(C(=O)O)cc1. The highest BCUT2D eigenvalue weighted by Crippen LogP contribution is 2.20. The molecule has 2 N–H and O–H groups in total. The summed E-state index contributed by atoms with van der Waals surface area (Å²) in [4.78, 5) is 10.7. The van der Waals surface area contributed by atoms with Gasteiger partial charge in [0.05, 0.1) is 11.3 Å². The number of sulfonamides is 1. The second kappa shape index (κ2) is 5.61. The maximum atomic E-state index is 11.8. The zero-order chi connectivity index (χ0) is 14.7. The lowest BCUT2D eigenvalue weighted by Crippen LogP contribution is -2.20. The van der Waals surface area contributed by atoms with E-state index in [0.29, 0.717) is 12.1 Å². The van der Waals surface area contributed by atoms with Gasteiger partial charge in [-0.3, -0.25) is 4.72 Å². The van der Waals surface area contributed by atoms with Crippen LogP contribution in [0.5, 0.6) is 0 Å². The van der Waals surface area contributed by atoms with Gasteiger partial charge in [-0.2, -0.15) is 0 Å². The molecule has 0 atom stereocenters. The van der Waals surface area contributed by atoms with E-state index < -0.39 is 16.0 Å². The first-order valence-corrected chi connectivity index (χ1v) is 7.58. The van der Waals surface area contributed by atoms with E-state index in [1.807, 2.05) is 20.8 Å². The van der Waals surface area contributed by atoms with Crippen LogP contribution in [-0.2, 0) is 10.0 Å². The van der Waals surface area contributed by atoms with Crippen LogP contribution in [-0.4, -0.2) is 25.2 Å². The molecule has 19 heavy (non-hydrogen) atoms. The highest BCUT2D eigenvalue weighted by atomic mass is 32.2. The van der Waals surface area contributed by atoms with Crippen molar-refractivity contribution in [2.75, 3.05) is 10.5 Å². The van der Waals surface area contributed by atoms with Crippen molar-refractivity contribution in [2.24, 2.45) is 5.41 Å². The molecular weight excluding hydrogens is 266 g/mol. The Bertz CT molecular complexity index is 541. The number of hydrogen-bond donors (Lipinski definition) is 2. The zero-order valence-corrected chi connectivity index (χ0v) is 12.1. The van der Waals surface area contributed by atoms with Crippen molar-refractivity contribution >= 4 is 21.7 Å². The first kappa shape index (κ1) is 15.5. The van der Waals surface area contributed by atoms with Crippen molar-refractivity contribution in [3.63, 3.8) is 0 Å². The molecule has 0 radical (unpaired) electrons. The van der Waals surface area contributed by atoms with Crippen LogP contribution in [0.25, 0.3) is 0 Å². The Morgan fingerprint density at radius 1 is 1.21 bits per heavy atom. The van der Waals surface area contributed by atoms with Crippen LogP contribution in [0, 0.1) is 5.41 Å². The van der Waals surface area contributed by atoms with E-state index in [4.69, 9.17) is 5.11 Å². The molecule has 0 saturated heterocycles. The van der Waals surface area contributed by atoms with Crippen LogP contribution < -0.4 is 4.72 Å². The lowest BCUT2D eigenvalue weighted by atomic mass is 9.94. The van der Waals surface area contributed by atoms with Crippen LogP contribution in [0.15, 0.2) is 24.3 Å². The third-order valence-corrected chi connectivity index (χ3v) is 3.81. The van der Waals surface area contributed by atoms with Gasteiger partial charge in [0.2, 0.25) is 10.0 Å². The number of anilines is 1. The molecule has 6 heteroatoms. The summed E-state index contributed by atoms with van der Waals surface area (Å²) in [6, 6.07) is 5.62. The largest absolute Gasteiger partial charge is 0.478 e. The van der Waals surface area contributed by atoms with E-state index in [-0.39, 0.29) is 16.7 Å². The van der Waals surface area contributed by atoms with Gasteiger partial charge in [-0.25, -0.2) is 13.2 Å². The summed E-state index contributed by atoms with van der Waals surface area (Å²) in [6.07, 6.45) is 0.551. The number of rotatable bonds is 5. The fourth-order valence-corrected chi connectivity index (χ4v) is 2.83. The molecule has 0 aliphatic carbocycles. The van der Waals surface area contributed by atoms with E-state index >= 15 is 0 Å². The Kier molecular flexibility index (Phi) is 4.57. The Hall–Kier alpha value is -1.56. The second-order valence-corrected chi connectivity index (χ2v) is 7.46. The number of carboxylic acids is 1. The predicted molar refractivity (Wildman–Crippen MR) is 74.9 cm³/mol. The molecule has 0 amide bonds. The van der Waals surface area contributed by atoms with Gasteiger partial charge in [0.15, 0.2) is 0 Å². The maximum absolute atomic E-state index is 11.8. The summed E-state index contributed by atoms with van der Waals surface area (Å²) in [5, 5.41) is 8.74. The summed E-state index contributed by atoms with van der Waals surface area (Å²) in [5.41, 5.74) is 0.443. The number of carbonyl (C=O) groups is 1. The molecule has 0 fully saturated rings. The molecule has 0 saturated carbocycles. The maximum Gasteiger partial charge on any atom is 0.335 e. The standard InChI is InChI=1S/C13H19NO4S/c1-13(2,3)8-9-19(17,18)14-11-6-4-10(5-7-11)12(15)16/h4-7,14H,8-9H2,1-3H3,(H,15,16). The van der Waals surface area contributed by atoms with Gasteiger partial charge >= 0.3 is 5.97 Å². The monoisotopic (exact) mass is 285 g/mol. The average molecular weight is 285 g/mol. The van der Waals surface area contributed by atoms with Crippen LogP contribution in [0.1, 0.15) is 37.6 Å². The predicted octanol–water partition coefficient (Wildman–Crippen LogP) is 2.56. The quantitative estimate of drug-likeness (QED) is 0.871. The highest BCUT2D eigenvalue weighted by molar-refractivity contribution is 7.92. The fourth-order valence-electron chi connectivity index (χ4n) is 1.35. The lowest BCUT2D eigenvalue weighted by molar-refractivity contribution is 0.0697. The van der Waals surface area contributed by atoms with Gasteiger partial charge in [-0.1, -0.05) is 20.8 Å². The summed E-state index contributed by atoms with van der Waals surface area (Å²) in [5.74, 6) is -1.00. The molecule has 1 aromatic rings. The third-order valence-electron chi connectivity index (χ3n) is 2.53. The fraction of sp³-hybridized carbons (Fsp3) is 0.462. The van der Waals surface area contributed by atoms with E-state index in [9.17, 15) is 13.2 Å². The summed E-state index contributed by atoms with van der Waals surface area (Å²) in [6.45, 7) is 5.93. The van der Waals surface area contributed by atoms with Gasteiger partial charge < -0.3 is 5.11 Å². The molecule has 0 bridgehead atoms. The smallest absolute Gasteiger partial charge is 0.335 e. The first-order valence-electron chi connectivity index (χ1n) is 5.93. The molecule has 0 heterocycles. The molecule has 1 aromatic carbocycles. The van der Waals surface area contributed by atoms with Crippen LogP contribution in [0.4, 0.5) is 5.69 Å². The first-order chi connectivity index (χ1) is 8.59. The minimum atomic E-state index is -3.40. The summed E-state index contributed by atoms with van der Waals surface area (Å²) in [7, 11) is -3.40. The van der Waals surface area contributed by atoms with E-state index in [2.05, 4.69) is 4.72 Å².